The van der Waals surface area contributed by atoms with Gasteiger partial charge in [0, 0.05) is 34.5 Å². The standard InChI is InChI=1S/C20H42S8/c1-2-22-9-4-10-24-17-18-26-13-6-14-28-20-19-27-12-5-11-25-16-15-23-8-3-7-21/h21H,2-20H2,1H3. The second-order valence-corrected chi connectivity index (χ2v) is 15.2. The van der Waals surface area contributed by atoms with Crippen LogP contribution in [-0.2, 0) is 0 Å². The second kappa shape index (κ2) is 29.8. The van der Waals surface area contributed by atoms with E-state index < -0.39 is 0 Å². The van der Waals surface area contributed by atoms with Gasteiger partial charge in [-0.05, 0) is 77.5 Å². The zero-order chi connectivity index (χ0) is 20.4. The number of thioether (sulfide) groups is 7. The average molecular weight is 539 g/mol. The van der Waals surface area contributed by atoms with E-state index in [0.717, 1.165) is 5.75 Å². The Labute approximate surface area is 212 Å². The molecule has 0 radical (unpaired) electrons. The first-order valence-electron chi connectivity index (χ1n) is 10.6. The van der Waals surface area contributed by atoms with Crippen molar-refractivity contribution in [2.24, 2.45) is 0 Å². The fourth-order valence-electron chi connectivity index (χ4n) is 2.07. The molecule has 0 spiro atoms. The molecule has 0 heterocycles. The van der Waals surface area contributed by atoms with Gasteiger partial charge in [-0.15, -0.1) is 0 Å². The predicted molar refractivity (Wildman–Crippen MR) is 159 cm³/mol. The van der Waals surface area contributed by atoms with Gasteiger partial charge in [-0.3, -0.25) is 0 Å². The van der Waals surface area contributed by atoms with Gasteiger partial charge in [0.2, 0.25) is 0 Å². The van der Waals surface area contributed by atoms with Crippen LogP contribution < -0.4 is 0 Å². The van der Waals surface area contributed by atoms with Crippen molar-refractivity contribution in [2.75, 3.05) is 86.3 Å². The summed E-state index contributed by atoms with van der Waals surface area (Å²) >= 11 is 19.2. The molecule has 0 atom stereocenters. The molecule has 0 aromatic rings. The minimum atomic E-state index is 1.03. The van der Waals surface area contributed by atoms with E-state index in [0.29, 0.717) is 0 Å². The highest BCUT2D eigenvalue weighted by molar-refractivity contribution is 8.04. The minimum absolute atomic E-state index is 1.03. The highest BCUT2D eigenvalue weighted by Crippen LogP contribution is 2.15. The van der Waals surface area contributed by atoms with Gasteiger partial charge >= 0.3 is 0 Å². The van der Waals surface area contributed by atoms with Crippen LogP contribution in [0.1, 0.15) is 32.6 Å². The molecule has 0 fully saturated rings. The van der Waals surface area contributed by atoms with Crippen LogP contribution in [0.2, 0.25) is 0 Å². The Morgan fingerprint density at radius 2 is 0.679 bits per heavy atom. The normalized spacial score (nSPS) is 11.4. The van der Waals surface area contributed by atoms with Gasteiger partial charge in [0.25, 0.3) is 0 Å². The fourth-order valence-corrected chi connectivity index (χ4v) is 9.77. The maximum absolute atomic E-state index is 4.25. The van der Waals surface area contributed by atoms with E-state index in [2.05, 4.69) is 102 Å². The van der Waals surface area contributed by atoms with E-state index in [1.165, 1.54) is 106 Å². The zero-order valence-corrected chi connectivity index (χ0v) is 24.3. The number of hydrogen-bond donors (Lipinski definition) is 1. The Kier molecular flexibility index (Phi) is 32.8. The van der Waals surface area contributed by atoms with Crippen molar-refractivity contribution in [1.29, 1.82) is 0 Å². The first-order chi connectivity index (χ1) is 13.9. The summed E-state index contributed by atoms with van der Waals surface area (Å²) in [6.07, 6.45) is 5.41. The lowest BCUT2D eigenvalue weighted by Gasteiger charge is -2.04. The first-order valence-corrected chi connectivity index (χ1v) is 19.3. The van der Waals surface area contributed by atoms with Crippen LogP contribution in [0.3, 0.4) is 0 Å². The molecule has 0 saturated carbocycles. The van der Waals surface area contributed by atoms with Crippen molar-refractivity contribution in [1.82, 2.24) is 0 Å². The van der Waals surface area contributed by atoms with Crippen molar-refractivity contribution >= 4 is 95.0 Å². The smallest absolute Gasteiger partial charge is 0.00235 e. The molecule has 28 heavy (non-hydrogen) atoms. The summed E-state index contributed by atoms with van der Waals surface area (Å²) in [5.41, 5.74) is 0. The summed E-state index contributed by atoms with van der Waals surface area (Å²) in [6.45, 7) is 2.25. The van der Waals surface area contributed by atoms with Crippen LogP contribution in [0.25, 0.3) is 0 Å². The lowest BCUT2D eigenvalue weighted by molar-refractivity contribution is 1.11. The molecule has 0 aromatic heterocycles. The SMILES string of the molecule is CCSCCCSCCSCCCSCCSCCCSCCSCCCS. The van der Waals surface area contributed by atoms with Gasteiger partial charge in [-0.25, -0.2) is 0 Å². The van der Waals surface area contributed by atoms with E-state index in [1.807, 2.05) is 0 Å². The highest BCUT2D eigenvalue weighted by Gasteiger charge is 1.96. The average Bonchev–Trinajstić information content (AvgIpc) is 2.71. The quantitative estimate of drug-likeness (QED) is 0.0925. The van der Waals surface area contributed by atoms with Crippen LogP contribution in [0.5, 0.6) is 0 Å². The molecular formula is C20H42S8. The van der Waals surface area contributed by atoms with Crippen LogP contribution in [-0.4, -0.2) is 86.3 Å². The van der Waals surface area contributed by atoms with Crippen LogP contribution in [0.4, 0.5) is 0 Å². The molecule has 8 heteroatoms. The van der Waals surface area contributed by atoms with E-state index in [1.54, 1.807) is 0 Å². The Morgan fingerprint density at radius 3 is 0.964 bits per heavy atom. The molecule has 0 aliphatic heterocycles. The monoisotopic (exact) mass is 538 g/mol. The zero-order valence-electron chi connectivity index (χ0n) is 17.7. The third-order valence-electron chi connectivity index (χ3n) is 3.50. The lowest BCUT2D eigenvalue weighted by atomic mass is 10.6. The molecular weight excluding hydrogens is 497 g/mol. The summed E-state index contributed by atoms with van der Waals surface area (Å²) in [7, 11) is 0. The third-order valence-corrected chi connectivity index (χ3v) is 12.0. The van der Waals surface area contributed by atoms with E-state index in [9.17, 15) is 0 Å². The van der Waals surface area contributed by atoms with E-state index >= 15 is 0 Å². The van der Waals surface area contributed by atoms with Crippen molar-refractivity contribution in [3.63, 3.8) is 0 Å². The molecule has 0 saturated heterocycles. The Morgan fingerprint density at radius 1 is 0.393 bits per heavy atom. The maximum Gasteiger partial charge on any atom is 0.00235 e. The van der Waals surface area contributed by atoms with Crippen LogP contribution >= 0.6 is 95.0 Å². The Hall–Kier alpha value is 2.80. The van der Waals surface area contributed by atoms with Crippen LogP contribution in [0, 0.1) is 0 Å². The molecule has 0 aromatic carbocycles. The number of hydrogen-bond acceptors (Lipinski definition) is 8. The largest absolute Gasteiger partial charge is 0.179 e. The summed E-state index contributed by atoms with van der Waals surface area (Å²) in [5, 5.41) is 0. The number of thiol groups is 1. The molecule has 0 aliphatic carbocycles. The van der Waals surface area contributed by atoms with Crippen LogP contribution in [0.15, 0.2) is 0 Å². The van der Waals surface area contributed by atoms with Gasteiger partial charge in [0.15, 0.2) is 0 Å². The van der Waals surface area contributed by atoms with Crippen molar-refractivity contribution in [3.05, 3.63) is 0 Å². The Bertz CT molecular complexity index is 243. The first kappa shape index (κ1) is 30.8. The summed E-state index contributed by atoms with van der Waals surface area (Å²) < 4.78 is 0. The molecule has 0 rings (SSSR count). The summed E-state index contributed by atoms with van der Waals surface area (Å²) in [5.74, 6) is 19.7. The fraction of sp³-hybridized carbons (Fsp3) is 1.00. The molecule has 0 nitrogen and oxygen atoms in total. The second-order valence-electron chi connectivity index (χ2n) is 6.01. The third kappa shape index (κ3) is 28.8. The highest BCUT2D eigenvalue weighted by atomic mass is 32.2. The van der Waals surface area contributed by atoms with E-state index in [-0.39, 0.29) is 0 Å². The molecule has 0 bridgehead atoms. The van der Waals surface area contributed by atoms with Crippen molar-refractivity contribution < 1.29 is 0 Å². The van der Waals surface area contributed by atoms with Gasteiger partial charge in [0.1, 0.15) is 0 Å². The van der Waals surface area contributed by atoms with Gasteiger partial charge in [0.05, 0.1) is 0 Å². The minimum Gasteiger partial charge on any atom is -0.179 e. The van der Waals surface area contributed by atoms with Gasteiger partial charge in [-0.1, -0.05) is 6.92 Å². The topological polar surface area (TPSA) is 0 Å². The van der Waals surface area contributed by atoms with Gasteiger partial charge in [-0.2, -0.15) is 95.0 Å². The van der Waals surface area contributed by atoms with E-state index in [4.69, 9.17) is 0 Å². The number of rotatable bonds is 25. The summed E-state index contributed by atoms with van der Waals surface area (Å²) in [4.78, 5) is 0. The molecule has 0 aliphatic rings. The molecule has 0 unspecified atom stereocenters. The van der Waals surface area contributed by atoms with Gasteiger partial charge < -0.3 is 0 Å². The Balaban J connectivity index is 2.96. The maximum atomic E-state index is 4.25. The van der Waals surface area contributed by atoms with Crippen molar-refractivity contribution in [2.45, 2.75) is 32.6 Å². The molecule has 170 valence electrons. The lowest BCUT2D eigenvalue weighted by Crippen LogP contribution is -1.94. The predicted octanol–water partition coefficient (Wildman–Crippen LogP) is 7.63. The summed E-state index contributed by atoms with van der Waals surface area (Å²) in [6, 6.07) is 0. The van der Waals surface area contributed by atoms with Crippen molar-refractivity contribution in [3.8, 4) is 0 Å². The molecule has 0 amide bonds. The molecule has 0 N–H and O–H groups in total.